The van der Waals surface area contributed by atoms with Crippen LogP contribution in [-0.4, -0.2) is 27.7 Å². The average molecular weight is 245 g/mol. The molecule has 0 bridgehead atoms. The number of hydrogen-bond acceptors (Lipinski definition) is 4. The maximum atomic E-state index is 11.6. The monoisotopic (exact) mass is 245 g/mol. The van der Waals surface area contributed by atoms with Gasteiger partial charge in [0.15, 0.2) is 5.65 Å². The van der Waals surface area contributed by atoms with Gasteiger partial charge < -0.3 is 4.74 Å². The number of aromatic nitrogens is 3. The summed E-state index contributed by atoms with van der Waals surface area (Å²) < 4.78 is 6.52. The SMILES string of the molecule is COC(=O)c1cnn2c3c(cnc12)C[C@H](C)CC3. The Morgan fingerprint density at radius 1 is 1.50 bits per heavy atom. The van der Waals surface area contributed by atoms with Crippen molar-refractivity contribution in [1.29, 1.82) is 0 Å². The molecular formula is C13H15N3O2. The predicted octanol–water partition coefficient (Wildman–Crippen LogP) is 1.64. The summed E-state index contributed by atoms with van der Waals surface area (Å²) >= 11 is 0. The van der Waals surface area contributed by atoms with Gasteiger partial charge in [0.1, 0.15) is 5.56 Å². The normalized spacial score (nSPS) is 18.7. The predicted molar refractivity (Wildman–Crippen MR) is 65.5 cm³/mol. The summed E-state index contributed by atoms with van der Waals surface area (Å²) in [6.07, 6.45) is 6.57. The lowest BCUT2D eigenvalue weighted by Gasteiger charge is -2.21. The topological polar surface area (TPSA) is 56.5 Å². The van der Waals surface area contributed by atoms with Crippen LogP contribution >= 0.6 is 0 Å². The Morgan fingerprint density at radius 2 is 2.33 bits per heavy atom. The summed E-state index contributed by atoms with van der Waals surface area (Å²) in [5, 5.41) is 4.28. The lowest BCUT2D eigenvalue weighted by molar-refractivity contribution is 0.0602. The number of nitrogens with zero attached hydrogens (tertiary/aromatic N) is 3. The van der Waals surface area contributed by atoms with Crippen molar-refractivity contribution in [2.45, 2.75) is 26.2 Å². The standard InChI is InChI=1S/C13H15N3O2/c1-8-3-4-11-9(5-8)6-14-12-10(13(17)18-2)7-15-16(11)12/h6-8H,3-5H2,1-2H3/t8-/m1/s1. The summed E-state index contributed by atoms with van der Waals surface area (Å²) in [7, 11) is 1.37. The molecule has 0 amide bonds. The molecule has 1 aliphatic carbocycles. The highest BCUT2D eigenvalue weighted by atomic mass is 16.5. The second-order valence-corrected chi connectivity index (χ2v) is 4.86. The first-order valence-electron chi connectivity index (χ1n) is 6.13. The Kier molecular flexibility index (Phi) is 2.54. The molecule has 0 saturated heterocycles. The molecule has 2 heterocycles. The first-order chi connectivity index (χ1) is 8.70. The Hall–Kier alpha value is -1.91. The fourth-order valence-corrected chi connectivity index (χ4v) is 2.56. The van der Waals surface area contributed by atoms with Crippen LogP contribution in [0.25, 0.3) is 5.65 Å². The van der Waals surface area contributed by atoms with E-state index in [1.165, 1.54) is 24.6 Å². The van der Waals surface area contributed by atoms with Gasteiger partial charge in [0.05, 0.1) is 13.3 Å². The molecule has 0 aliphatic heterocycles. The average Bonchev–Trinajstić information content (AvgIpc) is 2.81. The molecule has 0 radical (unpaired) electrons. The van der Waals surface area contributed by atoms with Gasteiger partial charge in [-0.25, -0.2) is 14.3 Å². The maximum Gasteiger partial charge on any atom is 0.343 e. The zero-order chi connectivity index (χ0) is 12.7. The molecular weight excluding hydrogens is 230 g/mol. The van der Waals surface area contributed by atoms with Gasteiger partial charge in [-0.1, -0.05) is 6.92 Å². The van der Waals surface area contributed by atoms with Crippen molar-refractivity contribution in [3.05, 3.63) is 29.2 Å². The number of ether oxygens (including phenoxy) is 1. The van der Waals surface area contributed by atoms with E-state index in [1.807, 2.05) is 6.20 Å². The first kappa shape index (κ1) is 11.2. The van der Waals surface area contributed by atoms with Crippen molar-refractivity contribution in [3.8, 4) is 0 Å². The molecule has 2 aromatic heterocycles. The second-order valence-electron chi connectivity index (χ2n) is 4.86. The Morgan fingerprint density at radius 3 is 3.11 bits per heavy atom. The number of esters is 1. The van der Waals surface area contributed by atoms with Crippen LogP contribution in [0.3, 0.4) is 0 Å². The van der Waals surface area contributed by atoms with E-state index in [2.05, 4.69) is 17.0 Å². The fraction of sp³-hybridized carbons (Fsp3) is 0.462. The number of rotatable bonds is 1. The summed E-state index contributed by atoms with van der Waals surface area (Å²) in [5.74, 6) is 0.300. The molecule has 0 fully saturated rings. The third-order valence-electron chi connectivity index (χ3n) is 3.56. The van der Waals surface area contributed by atoms with Gasteiger partial charge in [-0.05, 0) is 30.7 Å². The molecule has 18 heavy (non-hydrogen) atoms. The molecule has 94 valence electrons. The van der Waals surface area contributed by atoms with Crippen molar-refractivity contribution in [1.82, 2.24) is 14.6 Å². The van der Waals surface area contributed by atoms with Crippen LogP contribution in [0.2, 0.25) is 0 Å². The smallest absolute Gasteiger partial charge is 0.343 e. The first-order valence-corrected chi connectivity index (χ1v) is 6.13. The summed E-state index contributed by atoms with van der Waals surface area (Å²) in [6, 6.07) is 0. The van der Waals surface area contributed by atoms with Gasteiger partial charge in [0.2, 0.25) is 0 Å². The van der Waals surface area contributed by atoms with Crippen molar-refractivity contribution >= 4 is 11.6 Å². The molecule has 5 nitrogen and oxygen atoms in total. The van der Waals surface area contributed by atoms with Crippen molar-refractivity contribution in [2.24, 2.45) is 5.92 Å². The third-order valence-corrected chi connectivity index (χ3v) is 3.56. The largest absolute Gasteiger partial charge is 0.465 e. The van der Waals surface area contributed by atoms with E-state index < -0.39 is 0 Å². The molecule has 5 heteroatoms. The molecule has 0 N–H and O–H groups in total. The molecule has 1 atom stereocenters. The van der Waals surface area contributed by atoms with E-state index in [9.17, 15) is 4.79 Å². The summed E-state index contributed by atoms with van der Waals surface area (Å²) in [4.78, 5) is 16.0. The summed E-state index contributed by atoms with van der Waals surface area (Å²) in [5.41, 5.74) is 3.43. The van der Waals surface area contributed by atoms with E-state index in [-0.39, 0.29) is 5.97 Å². The van der Waals surface area contributed by atoms with E-state index in [4.69, 9.17) is 4.74 Å². The fourth-order valence-electron chi connectivity index (χ4n) is 2.56. The van der Waals surface area contributed by atoms with Gasteiger partial charge in [0, 0.05) is 11.9 Å². The molecule has 0 saturated carbocycles. The molecule has 2 aromatic rings. The van der Waals surface area contributed by atoms with Crippen LogP contribution in [-0.2, 0) is 17.6 Å². The van der Waals surface area contributed by atoms with E-state index in [1.54, 1.807) is 4.52 Å². The minimum Gasteiger partial charge on any atom is -0.465 e. The number of methoxy groups -OCH3 is 1. The minimum absolute atomic E-state index is 0.387. The van der Waals surface area contributed by atoms with E-state index in [0.717, 1.165) is 19.3 Å². The van der Waals surface area contributed by atoms with E-state index >= 15 is 0 Å². The van der Waals surface area contributed by atoms with Crippen LogP contribution < -0.4 is 0 Å². The number of carbonyl (C=O) groups is 1. The van der Waals surface area contributed by atoms with Crippen LogP contribution in [0.1, 0.15) is 35.0 Å². The van der Waals surface area contributed by atoms with Crippen LogP contribution in [0.15, 0.2) is 12.4 Å². The van der Waals surface area contributed by atoms with Gasteiger partial charge in [-0.2, -0.15) is 5.10 Å². The summed E-state index contributed by atoms with van der Waals surface area (Å²) in [6.45, 7) is 2.25. The molecule has 0 unspecified atom stereocenters. The molecule has 1 aliphatic rings. The number of aryl methyl sites for hydroxylation is 1. The van der Waals surface area contributed by atoms with Gasteiger partial charge in [0.25, 0.3) is 0 Å². The third kappa shape index (κ3) is 1.58. The van der Waals surface area contributed by atoms with Crippen LogP contribution in [0.4, 0.5) is 0 Å². The van der Waals surface area contributed by atoms with Crippen LogP contribution in [0, 0.1) is 5.92 Å². The highest BCUT2D eigenvalue weighted by Crippen LogP contribution is 2.25. The number of hydrogen-bond donors (Lipinski definition) is 0. The maximum absolute atomic E-state index is 11.6. The van der Waals surface area contributed by atoms with Gasteiger partial charge >= 0.3 is 5.97 Å². The Bertz CT molecular complexity index is 618. The highest BCUT2D eigenvalue weighted by molar-refractivity contribution is 5.95. The molecule has 3 rings (SSSR count). The molecule has 0 aromatic carbocycles. The number of fused-ring (bicyclic) bond motifs is 3. The van der Waals surface area contributed by atoms with Crippen molar-refractivity contribution in [3.63, 3.8) is 0 Å². The van der Waals surface area contributed by atoms with Crippen LogP contribution in [0.5, 0.6) is 0 Å². The highest BCUT2D eigenvalue weighted by Gasteiger charge is 2.22. The Balaban J connectivity index is 2.17. The second kappa shape index (κ2) is 4.08. The van der Waals surface area contributed by atoms with Crippen molar-refractivity contribution < 1.29 is 9.53 Å². The van der Waals surface area contributed by atoms with Gasteiger partial charge in [-0.3, -0.25) is 0 Å². The molecule has 0 spiro atoms. The lowest BCUT2D eigenvalue weighted by Crippen LogP contribution is -2.16. The van der Waals surface area contributed by atoms with Crippen molar-refractivity contribution in [2.75, 3.05) is 7.11 Å². The Labute approximate surface area is 105 Å². The van der Waals surface area contributed by atoms with E-state index in [0.29, 0.717) is 17.1 Å². The zero-order valence-electron chi connectivity index (χ0n) is 10.5. The minimum atomic E-state index is -0.387. The quantitative estimate of drug-likeness (QED) is 0.717. The lowest BCUT2D eigenvalue weighted by atomic mass is 9.89. The number of carbonyl (C=O) groups excluding carboxylic acids is 1. The van der Waals surface area contributed by atoms with Gasteiger partial charge in [-0.15, -0.1) is 0 Å². The zero-order valence-corrected chi connectivity index (χ0v) is 10.5.